The first-order valence-corrected chi connectivity index (χ1v) is 9.40. The number of hydrogen-bond acceptors (Lipinski definition) is 3. The van der Waals surface area contributed by atoms with Crippen LogP contribution >= 0.6 is 0 Å². The van der Waals surface area contributed by atoms with Crippen molar-refractivity contribution < 1.29 is 4.79 Å². The molecule has 0 bridgehead atoms. The zero-order valence-corrected chi connectivity index (χ0v) is 15.4. The summed E-state index contributed by atoms with van der Waals surface area (Å²) < 4.78 is 0. The molecule has 1 aliphatic heterocycles. The van der Waals surface area contributed by atoms with E-state index in [0.717, 1.165) is 18.8 Å². The SMILES string of the molecule is CC1CCCCN1Cc1ccccc1CNC(=O)C=Cc1ccccn1. The van der Waals surface area contributed by atoms with Crippen molar-refractivity contribution in [3.8, 4) is 0 Å². The standard InChI is InChI=1S/C22H27N3O/c1-18-8-5-7-15-25(18)17-20-10-3-2-9-19(20)16-24-22(26)13-12-21-11-4-6-14-23-21/h2-4,6,9-14,18H,5,7-8,15-17H2,1H3,(H,24,26). The Balaban J connectivity index is 1.58. The molecular weight excluding hydrogens is 322 g/mol. The molecule has 1 aliphatic rings. The van der Waals surface area contributed by atoms with Gasteiger partial charge in [-0.25, -0.2) is 0 Å². The third-order valence-corrected chi connectivity index (χ3v) is 4.98. The molecule has 1 fully saturated rings. The van der Waals surface area contributed by atoms with Crippen molar-refractivity contribution in [2.24, 2.45) is 0 Å². The summed E-state index contributed by atoms with van der Waals surface area (Å²) in [6.45, 7) is 4.97. The number of nitrogens with one attached hydrogen (secondary N) is 1. The molecule has 26 heavy (non-hydrogen) atoms. The van der Waals surface area contributed by atoms with Gasteiger partial charge < -0.3 is 5.32 Å². The number of amides is 1. The Morgan fingerprint density at radius 1 is 1.19 bits per heavy atom. The molecule has 4 heteroatoms. The van der Waals surface area contributed by atoms with Gasteiger partial charge >= 0.3 is 0 Å². The van der Waals surface area contributed by atoms with Gasteiger partial charge in [-0.3, -0.25) is 14.7 Å². The number of aromatic nitrogens is 1. The molecule has 0 spiro atoms. The second-order valence-electron chi connectivity index (χ2n) is 6.89. The minimum absolute atomic E-state index is 0.100. The van der Waals surface area contributed by atoms with Gasteiger partial charge in [0, 0.05) is 31.4 Å². The maximum Gasteiger partial charge on any atom is 0.244 e. The normalized spacial score (nSPS) is 18.1. The van der Waals surface area contributed by atoms with E-state index in [1.165, 1.54) is 36.5 Å². The molecule has 0 saturated carbocycles. The van der Waals surface area contributed by atoms with E-state index in [-0.39, 0.29) is 5.91 Å². The van der Waals surface area contributed by atoms with E-state index in [2.05, 4.69) is 40.3 Å². The number of hydrogen-bond donors (Lipinski definition) is 1. The Hall–Kier alpha value is -2.46. The first-order chi connectivity index (χ1) is 12.7. The van der Waals surface area contributed by atoms with Crippen molar-refractivity contribution in [3.63, 3.8) is 0 Å². The number of rotatable bonds is 6. The molecule has 136 valence electrons. The van der Waals surface area contributed by atoms with Crippen molar-refractivity contribution in [3.05, 3.63) is 71.6 Å². The fourth-order valence-electron chi connectivity index (χ4n) is 3.37. The summed E-state index contributed by atoms with van der Waals surface area (Å²) in [5.41, 5.74) is 3.27. The predicted octanol–water partition coefficient (Wildman–Crippen LogP) is 3.79. The van der Waals surface area contributed by atoms with Gasteiger partial charge in [0.25, 0.3) is 0 Å². The highest BCUT2D eigenvalue weighted by Gasteiger charge is 2.19. The van der Waals surface area contributed by atoms with E-state index in [1.54, 1.807) is 12.3 Å². The molecule has 1 atom stereocenters. The second-order valence-corrected chi connectivity index (χ2v) is 6.89. The lowest BCUT2D eigenvalue weighted by Crippen LogP contribution is -2.37. The molecule has 2 aromatic rings. The number of benzene rings is 1. The molecule has 2 heterocycles. The third-order valence-electron chi connectivity index (χ3n) is 4.98. The van der Waals surface area contributed by atoms with Crippen LogP contribution in [0.3, 0.4) is 0 Å². The molecule has 1 aromatic heterocycles. The Kier molecular flexibility index (Phi) is 6.56. The zero-order valence-electron chi connectivity index (χ0n) is 15.4. The lowest BCUT2D eigenvalue weighted by molar-refractivity contribution is -0.116. The number of carbonyl (C=O) groups is 1. The third kappa shape index (κ3) is 5.27. The molecular formula is C22H27N3O. The van der Waals surface area contributed by atoms with Crippen LogP contribution in [0.2, 0.25) is 0 Å². The van der Waals surface area contributed by atoms with Crippen molar-refractivity contribution in [1.82, 2.24) is 15.2 Å². The molecule has 1 N–H and O–H groups in total. The van der Waals surface area contributed by atoms with Gasteiger partial charge in [-0.1, -0.05) is 36.8 Å². The van der Waals surface area contributed by atoms with Crippen LogP contribution < -0.4 is 5.32 Å². The van der Waals surface area contributed by atoms with Crippen LogP contribution in [0.15, 0.2) is 54.7 Å². The number of nitrogens with zero attached hydrogens (tertiary/aromatic N) is 2. The first-order valence-electron chi connectivity index (χ1n) is 9.40. The van der Waals surface area contributed by atoms with E-state index in [0.29, 0.717) is 12.6 Å². The molecule has 1 unspecified atom stereocenters. The Bertz CT molecular complexity index is 742. The van der Waals surface area contributed by atoms with Gasteiger partial charge in [0.2, 0.25) is 5.91 Å². The van der Waals surface area contributed by atoms with Gasteiger partial charge in [0.1, 0.15) is 0 Å². The first kappa shape index (κ1) is 18.3. The van der Waals surface area contributed by atoms with Crippen LogP contribution in [0, 0.1) is 0 Å². The largest absolute Gasteiger partial charge is 0.348 e. The molecule has 3 rings (SSSR count). The summed E-state index contributed by atoms with van der Waals surface area (Å²) in [5.74, 6) is -0.100. The monoisotopic (exact) mass is 349 g/mol. The summed E-state index contributed by atoms with van der Waals surface area (Å²) in [7, 11) is 0. The van der Waals surface area contributed by atoms with Crippen LogP contribution in [0.1, 0.15) is 43.0 Å². The fraction of sp³-hybridized carbons (Fsp3) is 0.364. The summed E-state index contributed by atoms with van der Waals surface area (Å²) in [6, 6.07) is 14.7. The molecule has 0 radical (unpaired) electrons. The highest BCUT2D eigenvalue weighted by atomic mass is 16.1. The second kappa shape index (κ2) is 9.30. The van der Waals surface area contributed by atoms with Gasteiger partial charge in [-0.2, -0.15) is 0 Å². The lowest BCUT2D eigenvalue weighted by Gasteiger charge is -2.33. The topological polar surface area (TPSA) is 45.2 Å². The quantitative estimate of drug-likeness (QED) is 0.807. The number of piperidine rings is 1. The molecule has 0 aliphatic carbocycles. The number of pyridine rings is 1. The minimum Gasteiger partial charge on any atom is -0.348 e. The van der Waals surface area contributed by atoms with Gasteiger partial charge in [0.05, 0.1) is 5.69 Å². The average molecular weight is 349 g/mol. The van der Waals surface area contributed by atoms with Crippen LogP contribution in [0.25, 0.3) is 6.08 Å². The number of likely N-dealkylation sites (tertiary alicyclic amines) is 1. The summed E-state index contributed by atoms with van der Waals surface area (Å²) >= 11 is 0. The molecule has 1 amide bonds. The van der Waals surface area contributed by atoms with Crippen molar-refractivity contribution in [1.29, 1.82) is 0 Å². The van der Waals surface area contributed by atoms with E-state index in [9.17, 15) is 4.79 Å². The highest BCUT2D eigenvalue weighted by molar-refractivity contribution is 5.91. The van der Waals surface area contributed by atoms with Crippen molar-refractivity contribution in [2.45, 2.75) is 45.3 Å². The minimum atomic E-state index is -0.100. The molecule has 1 saturated heterocycles. The molecule has 1 aromatic carbocycles. The van der Waals surface area contributed by atoms with Gasteiger partial charge in [0.15, 0.2) is 0 Å². The smallest absolute Gasteiger partial charge is 0.244 e. The fourth-order valence-corrected chi connectivity index (χ4v) is 3.37. The molecule has 4 nitrogen and oxygen atoms in total. The van der Waals surface area contributed by atoms with Gasteiger partial charge in [-0.15, -0.1) is 0 Å². The maximum atomic E-state index is 12.1. The Morgan fingerprint density at radius 3 is 2.77 bits per heavy atom. The van der Waals surface area contributed by atoms with Crippen LogP contribution in [-0.2, 0) is 17.9 Å². The van der Waals surface area contributed by atoms with E-state index >= 15 is 0 Å². The lowest BCUT2D eigenvalue weighted by atomic mass is 10.0. The van der Waals surface area contributed by atoms with Crippen LogP contribution in [-0.4, -0.2) is 28.4 Å². The van der Waals surface area contributed by atoms with Crippen molar-refractivity contribution in [2.75, 3.05) is 6.54 Å². The maximum absolute atomic E-state index is 12.1. The van der Waals surface area contributed by atoms with Gasteiger partial charge in [-0.05, 0) is 55.6 Å². The number of carbonyl (C=O) groups excluding carboxylic acids is 1. The summed E-state index contributed by atoms with van der Waals surface area (Å²) in [4.78, 5) is 18.8. The van der Waals surface area contributed by atoms with Crippen LogP contribution in [0.5, 0.6) is 0 Å². The Labute approximate surface area is 155 Å². The van der Waals surface area contributed by atoms with E-state index < -0.39 is 0 Å². The summed E-state index contributed by atoms with van der Waals surface area (Å²) in [6.07, 6.45) is 8.88. The summed E-state index contributed by atoms with van der Waals surface area (Å²) in [5, 5.41) is 2.99. The van der Waals surface area contributed by atoms with Crippen molar-refractivity contribution >= 4 is 12.0 Å². The van der Waals surface area contributed by atoms with Crippen LogP contribution in [0.4, 0.5) is 0 Å². The zero-order chi connectivity index (χ0) is 18.2. The Morgan fingerprint density at radius 2 is 2.00 bits per heavy atom. The van der Waals surface area contributed by atoms with E-state index in [1.807, 2.05) is 24.3 Å². The highest BCUT2D eigenvalue weighted by Crippen LogP contribution is 2.20. The average Bonchev–Trinajstić information content (AvgIpc) is 2.68. The van der Waals surface area contributed by atoms with E-state index in [4.69, 9.17) is 0 Å². The predicted molar refractivity (Wildman–Crippen MR) is 105 cm³/mol.